The predicted molar refractivity (Wildman–Crippen MR) is 65.4 cm³/mol. The lowest BCUT2D eigenvalue weighted by molar-refractivity contribution is 0.0951. The molecular weight excluding hydrogens is 272 g/mol. The minimum atomic E-state index is 0.374. The number of carbonyl (C=O) groups excluding carboxylic acids is 1. The molecule has 1 aromatic heterocycles. The summed E-state index contributed by atoms with van der Waals surface area (Å²) >= 11 is 5.12. The van der Waals surface area contributed by atoms with Crippen molar-refractivity contribution in [1.29, 1.82) is 0 Å². The molecule has 0 saturated heterocycles. The molecule has 0 bridgehead atoms. The monoisotopic (exact) mass is 284 g/mol. The molecule has 3 heteroatoms. The van der Waals surface area contributed by atoms with Crippen LogP contribution in [0.4, 0.5) is 0 Å². The highest BCUT2D eigenvalue weighted by atomic mass is 79.9. The highest BCUT2D eigenvalue weighted by molar-refractivity contribution is 9.11. The normalized spacial score (nSPS) is 32.8. The summed E-state index contributed by atoms with van der Waals surface area (Å²) in [6, 6.07) is 2.00. The molecule has 1 heterocycles. The van der Waals surface area contributed by atoms with E-state index in [0.717, 1.165) is 26.1 Å². The van der Waals surface area contributed by atoms with E-state index in [1.165, 1.54) is 19.3 Å². The van der Waals surface area contributed by atoms with Crippen molar-refractivity contribution in [3.05, 3.63) is 20.3 Å². The Morgan fingerprint density at radius 2 is 2.13 bits per heavy atom. The molecule has 2 fully saturated rings. The first-order valence-electron chi connectivity index (χ1n) is 5.48. The highest BCUT2D eigenvalue weighted by Crippen LogP contribution is 2.58. The van der Waals surface area contributed by atoms with Crippen LogP contribution in [0.15, 0.2) is 9.85 Å². The van der Waals surface area contributed by atoms with Gasteiger partial charge in [0.25, 0.3) is 0 Å². The fraction of sp³-hybridized carbons (Fsp3) is 0.583. The third-order valence-corrected chi connectivity index (χ3v) is 5.42. The fourth-order valence-corrected chi connectivity index (χ4v) is 4.78. The first-order chi connectivity index (χ1) is 7.18. The molecule has 2 unspecified atom stereocenters. The van der Waals surface area contributed by atoms with E-state index in [9.17, 15) is 4.79 Å². The molecule has 1 nitrogen and oxygen atoms in total. The van der Waals surface area contributed by atoms with E-state index in [-0.39, 0.29) is 0 Å². The van der Waals surface area contributed by atoms with Crippen LogP contribution in [0.3, 0.4) is 0 Å². The van der Waals surface area contributed by atoms with Gasteiger partial charge >= 0.3 is 0 Å². The van der Waals surface area contributed by atoms with E-state index in [4.69, 9.17) is 0 Å². The molecule has 0 amide bonds. The van der Waals surface area contributed by atoms with E-state index >= 15 is 0 Å². The van der Waals surface area contributed by atoms with Crippen molar-refractivity contribution in [2.75, 3.05) is 0 Å². The molecule has 15 heavy (non-hydrogen) atoms. The number of hydrogen-bond donors (Lipinski definition) is 0. The van der Waals surface area contributed by atoms with Crippen molar-refractivity contribution in [3.63, 3.8) is 0 Å². The molecule has 2 atom stereocenters. The second kappa shape index (κ2) is 3.42. The number of aryl methyl sites for hydroxylation is 1. The van der Waals surface area contributed by atoms with Gasteiger partial charge < -0.3 is 0 Å². The summed E-state index contributed by atoms with van der Waals surface area (Å²) < 4.78 is 1.08. The number of carbonyl (C=O) groups is 1. The molecule has 2 aliphatic carbocycles. The SMILES string of the molecule is Cc1sc(Br)cc1C(=O)C1C2CCCC21. The number of hydrogen-bond acceptors (Lipinski definition) is 2. The second-order valence-electron chi connectivity index (χ2n) is 4.67. The predicted octanol–water partition coefficient (Wildman–Crippen LogP) is 4.05. The maximum Gasteiger partial charge on any atom is 0.167 e. The van der Waals surface area contributed by atoms with E-state index in [0.29, 0.717) is 11.7 Å². The Kier molecular flexibility index (Phi) is 2.29. The Morgan fingerprint density at radius 3 is 2.67 bits per heavy atom. The summed E-state index contributed by atoms with van der Waals surface area (Å²) in [5, 5.41) is 0. The molecule has 2 aliphatic rings. The topological polar surface area (TPSA) is 17.1 Å². The van der Waals surface area contributed by atoms with E-state index in [1.807, 2.05) is 13.0 Å². The van der Waals surface area contributed by atoms with Crippen LogP contribution in [0.1, 0.15) is 34.5 Å². The molecule has 0 N–H and O–H groups in total. The molecule has 0 aliphatic heterocycles. The highest BCUT2D eigenvalue weighted by Gasteiger charge is 2.56. The van der Waals surface area contributed by atoms with Gasteiger partial charge in [0, 0.05) is 16.4 Å². The number of rotatable bonds is 2. The maximum absolute atomic E-state index is 12.2. The van der Waals surface area contributed by atoms with Gasteiger partial charge in [-0.05, 0) is 53.6 Å². The van der Waals surface area contributed by atoms with Crippen LogP contribution in [0.25, 0.3) is 0 Å². The Morgan fingerprint density at radius 1 is 1.47 bits per heavy atom. The van der Waals surface area contributed by atoms with E-state index in [1.54, 1.807) is 11.3 Å². The van der Waals surface area contributed by atoms with Gasteiger partial charge in [-0.25, -0.2) is 0 Å². The van der Waals surface area contributed by atoms with Gasteiger partial charge in [0.15, 0.2) is 5.78 Å². The van der Waals surface area contributed by atoms with Crippen molar-refractivity contribution in [1.82, 2.24) is 0 Å². The van der Waals surface area contributed by atoms with Gasteiger partial charge in [-0.3, -0.25) is 4.79 Å². The lowest BCUT2D eigenvalue weighted by Gasteiger charge is -2.01. The average molecular weight is 285 g/mol. The van der Waals surface area contributed by atoms with Gasteiger partial charge in [0.05, 0.1) is 3.79 Å². The number of Topliss-reactive ketones (excluding diaryl/α,β-unsaturated/α-hetero) is 1. The van der Waals surface area contributed by atoms with Crippen molar-refractivity contribution >= 4 is 33.0 Å². The van der Waals surface area contributed by atoms with Gasteiger partial charge in [0.2, 0.25) is 0 Å². The summed E-state index contributed by atoms with van der Waals surface area (Å²) in [6.07, 6.45) is 3.91. The van der Waals surface area contributed by atoms with Crippen LogP contribution in [-0.4, -0.2) is 5.78 Å². The maximum atomic E-state index is 12.2. The van der Waals surface area contributed by atoms with Crippen LogP contribution in [0, 0.1) is 24.7 Å². The Labute approximate surface area is 102 Å². The fourth-order valence-electron chi connectivity index (χ4n) is 3.08. The summed E-state index contributed by atoms with van der Waals surface area (Å²) in [5.74, 6) is 2.24. The van der Waals surface area contributed by atoms with Gasteiger partial charge in [-0.15, -0.1) is 11.3 Å². The molecule has 3 rings (SSSR count). The Hall–Kier alpha value is -0.150. The van der Waals surface area contributed by atoms with Crippen molar-refractivity contribution in [2.24, 2.45) is 17.8 Å². The third-order valence-electron chi connectivity index (χ3n) is 3.86. The zero-order valence-corrected chi connectivity index (χ0v) is 11.0. The summed E-state index contributed by atoms with van der Waals surface area (Å²) in [7, 11) is 0. The van der Waals surface area contributed by atoms with Crippen molar-refractivity contribution in [3.8, 4) is 0 Å². The molecule has 0 spiro atoms. The minimum absolute atomic E-state index is 0.374. The van der Waals surface area contributed by atoms with Gasteiger partial charge in [0.1, 0.15) is 0 Å². The van der Waals surface area contributed by atoms with Crippen LogP contribution < -0.4 is 0 Å². The Bertz CT molecular complexity index is 413. The zero-order chi connectivity index (χ0) is 10.6. The average Bonchev–Trinajstić information content (AvgIpc) is 2.58. The molecule has 1 aromatic rings. The van der Waals surface area contributed by atoms with Crippen LogP contribution in [0.5, 0.6) is 0 Å². The number of halogens is 1. The standard InChI is InChI=1S/C12H13BrOS/c1-6-9(5-10(13)15-6)12(14)11-7-3-2-4-8(7)11/h5,7-8,11H,2-4H2,1H3. The lowest BCUT2D eigenvalue weighted by Crippen LogP contribution is -2.06. The van der Waals surface area contributed by atoms with Crippen LogP contribution in [0.2, 0.25) is 0 Å². The number of fused-ring (bicyclic) bond motifs is 1. The van der Waals surface area contributed by atoms with Crippen molar-refractivity contribution < 1.29 is 4.79 Å². The number of ketones is 1. The summed E-state index contributed by atoms with van der Waals surface area (Å²) in [4.78, 5) is 13.4. The molecule has 80 valence electrons. The van der Waals surface area contributed by atoms with Crippen LogP contribution >= 0.6 is 27.3 Å². The van der Waals surface area contributed by atoms with Crippen LogP contribution in [-0.2, 0) is 0 Å². The molecule has 2 saturated carbocycles. The quantitative estimate of drug-likeness (QED) is 0.749. The van der Waals surface area contributed by atoms with E-state index in [2.05, 4.69) is 15.9 Å². The smallest absolute Gasteiger partial charge is 0.167 e. The summed E-state index contributed by atoms with van der Waals surface area (Å²) in [5.41, 5.74) is 0.964. The molecular formula is C12H13BrOS. The second-order valence-corrected chi connectivity index (χ2v) is 7.30. The summed E-state index contributed by atoms with van der Waals surface area (Å²) in [6.45, 7) is 2.04. The third kappa shape index (κ3) is 1.51. The molecule has 0 radical (unpaired) electrons. The Balaban J connectivity index is 1.84. The van der Waals surface area contributed by atoms with Crippen molar-refractivity contribution in [2.45, 2.75) is 26.2 Å². The first kappa shape index (κ1) is 10.0. The van der Waals surface area contributed by atoms with Gasteiger partial charge in [-0.1, -0.05) is 6.42 Å². The zero-order valence-electron chi connectivity index (χ0n) is 8.63. The first-order valence-corrected chi connectivity index (χ1v) is 7.09. The lowest BCUT2D eigenvalue weighted by atomic mass is 10.0. The number of thiophene rings is 1. The van der Waals surface area contributed by atoms with Gasteiger partial charge in [-0.2, -0.15) is 0 Å². The minimum Gasteiger partial charge on any atom is -0.294 e. The van der Waals surface area contributed by atoms with E-state index < -0.39 is 0 Å². The largest absolute Gasteiger partial charge is 0.294 e. The molecule has 0 aromatic carbocycles.